The lowest BCUT2D eigenvalue weighted by Gasteiger charge is -2.43. The van der Waals surface area contributed by atoms with Gasteiger partial charge in [-0.1, -0.05) is 49.6 Å². The maximum Gasteiger partial charge on any atom is 0.238 e. The Morgan fingerprint density at radius 1 is 1.22 bits per heavy atom. The molecule has 3 aliphatic rings. The van der Waals surface area contributed by atoms with Crippen molar-refractivity contribution >= 4 is 11.8 Å². The van der Waals surface area contributed by atoms with Gasteiger partial charge in [-0.3, -0.25) is 9.59 Å². The molecule has 0 radical (unpaired) electrons. The van der Waals surface area contributed by atoms with Crippen molar-refractivity contribution in [1.82, 2.24) is 15.5 Å². The fraction of sp³-hybridized carbons (Fsp3) is 0.680. The average molecular weight is 443 g/mol. The number of likely N-dealkylation sites (N-methyl/N-ethyl adjacent to an activating group) is 1. The first-order chi connectivity index (χ1) is 15.5. The number of nitrogens with two attached hydrogens (primary N) is 1. The zero-order valence-corrected chi connectivity index (χ0v) is 19.4. The molecule has 1 aliphatic carbocycles. The molecule has 1 unspecified atom stereocenters. The lowest BCUT2D eigenvalue weighted by atomic mass is 9.69. The van der Waals surface area contributed by atoms with E-state index in [0.717, 1.165) is 44.2 Å². The standard InChI is InChI=1S/C25H38N4O3/c1-25(27-2,24(26)31)21(18-11-7-4-8-12-18)23(30)29-14-13-19-22(29)20(15-28-19)32-16-17-9-5-3-6-10-17/h3,5-6,9-10,18-22,27-28H,4,7-8,11-16H2,1-2H3,(H2,26,31)/t19-,20+,21-,22+,25?/m1/s1. The molecule has 0 spiro atoms. The Hall–Kier alpha value is -1.96. The number of nitrogens with one attached hydrogen (secondary N) is 2. The van der Waals surface area contributed by atoms with E-state index in [4.69, 9.17) is 10.5 Å². The largest absolute Gasteiger partial charge is 0.370 e. The summed E-state index contributed by atoms with van der Waals surface area (Å²) in [7, 11) is 1.74. The van der Waals surface area contributed by atoms with Gasteiger partial charge in [0.2, 0.25) is 11.8 Å². The molecule has 0 aromatic heterocycles. The first-order valence-corrected chi connectivity index (χ1v) is 12.1. The van der Waals surface area contributed by atoms with E-state index < -0.39 is 17.4 Å². The van der Waals surface area contributed by atoms with Crippen LogP contribution in [0.15, 0.2) is 30.3 Å². The average Bonchev–Trinajstić information content (AvgIpc) is 3.41. The molecule has 1 aromatic carbocycles. The maximum absolute atomic E-state index is 14.1. The van der Waals surface area contributed by atoms with Crippen LogP contribution in [0.2, 0.25) is 0 Å². The van der Waals surface area contributed by atoms with Crippen LogP contribution in [-0.2, 0) is 20.9 Å². The van der Waals surface area contributed by atoms with Crippen LogP contribution in [0.1, 0.15) is 51.0 Å². The molecule has 3 fully saturated rings. The molecule has 4 rings (SSSR count). The van der Waals surface area contributed by atoms with Crippen LogP contribution in [0.3, 0.4) is 0 Å². The third kappa shape index (κ3) is 4.43. The second-order valence-electron chi connectivity index (χ2n) is 9.85. The summed E-state index contributed by atoms with van der Waals surface area (Å²) in [5.74, 6) is -0.698. The molecule has 32 heavy (non-hydrogen) atoms. The highest BCUT2D eigenvalue weighted by Crippen LogP contribution is 2.39. The molecule has 7 heteroatoms. The Kier molecular flexibility index (Phi) is 7.17. The minimum absolute atomic E-state index is 0.00807. The van der Waals surface area contributed by atoms with E-state index in [1.165, 1.54) is 6.42 Å². The number of hydrogen-bond donors (Lipinski definition) is 3. The molecule has 176 valence electrons. The van der Waals surface area contributed by atoms with Gasteiger partial charge >= 0.3 is 0 Å². The van der Waals surface area contributed by atoms with Crippen molar-refractivity contribution in [3.8, 4) is 0 Å². The zero-order valence-electron chi connectivity index (χ0n) is 19.4. The number of carbonyl (C=O) groups excluding carboxylic acids is 2. The highest BCUT2D eigenvalue weighted by atomic mass is 16.5. The van der Waals surface area contributed by atoms with E-state index >= 15 is 0 Å². The Morgan fingerprint density at radius 2 is 1.94 bits per heavy atom. The molecule has 1 aromatic rings. The van der Waals surface area contributed by atoms with Gasteiger partial charge in [0.1, 0.15) is 5.54 Å². The number of rotatable bonds is 8. The summed E-state index contributed by atoms with van der Waals surface area (Å²) in [6.45, 7) is 3.75. The van der Waals surface area contributed by atoms with E-state index in [1.807, 2.05) is 23.1 Å². The minimum Gasteiger partial charge on any atom is -0.370 e. The molecule has 5 atom stereocenters. The number of carbonyl (C=O) groups is 2. The lowest BCUT2D eigenvalue weighted by molar-refractivity contribution is -0.149. The number of primary amides is 1. The Morgan fingerprint density at radius 3 is 2.59 bits per heavy atom. The van der Waals surface area contributed by atoms with Crippen molar-refractivity contribution < 1.29 is 14.3 Å². The Labute approximate surface area is 191 Å². The zero-order chi connectivity index (χ0) is 22.7. The number of amides is 2. The molecule has 2 heterocycles. The van der Waals surface area contributed by atoms with Crippen LogP contribution >= 0.6 is 0 Å². The van der Waals surface area contributed by atoms with Crippen molar-refractivity contribution in [2.75, 3.05) is 20.1 Å². The fourth-order valence-electron chi connectivity index (χ4n) is 6.08. The van der Waals surface area contributed by atoms with E-state index in [1.54, 1.807) is 14.0 Å². The highest BCUT2D eigenvalue weighted by molar-refractivity contribution is 5.93. The molecule has 2 aliphatic heterocycles. The molecule has 4 N–H and O–H groups in total. The molecular weight excluding hydrogens is 404 g/mol. The first kappa shape index (κ1) is 23.2. The predicted octanol–water partition coefficient (Wildman–Crippen LogP) is 1.80. The van der Waals surface area contributed by atoms with Gasteiger partial charge in [-0.2, -0.15) is 0 Å². The highest BCUT2D eigenvalue weighted by Gasteiger charge is 2.53. The van der Waals surface area contributed by atoms with Gasteiger partial charge in [0.05, 0.1) is 24.7 Å². The number of likely N-dealkylation sites (tertiary alicyclic amines) is 1. The predicted molar refractivity (Wildman–Crippen MR) is 124 cm³/mol. The monoisotopic (exact) mass is 442 g/mol. The summed E-state index contributed by atoms with van der Waals surface area (Å²) in [5, 5.41) is 6.69. The second-order valence-corrected chi connectivity index (χ2v) is 9.85. The van der Waals surface area contributed by atoms with Crippen LogP contribution in [0.25, 0.3) is 0 Å². The molecular formula is C25H38N4O3. The normalized spacial score (nSPS) is 28.8. The second kappa shape index (κ2) is 9.89. The van der Waals surface area contributed by atoms with Crippen molar-refractivity contribution in [1.29, 1.82) is 0 Å². The van der Waals surface area contributed by atoms with E-state index in [9.17, 15) is 9.59 Å². The van der Waals surface area contributed by atoms with Gasteiger partial charge in [0.15, 0.2) is 0 Å². The minimum atomic E-state index is -1.07. The number of fused-ring (bicyclic) bond motifs is 1. The van der Waals surface area contributed by atoms with E-state index in [2.05, 4.69) is 22.8 Å². The Bertz CT molecular complexity index is 798. The van der Waals surface area contributed by atoms with Crippen molar-refractivity contribution in [2.45, 2.75) is 75.8 Å². The number of nitrogens with zero attached hydrogens (tertiary/aromatic N) is 1. The Balaban J connectivity index is 1.55. The topological polar surface area (TPSA) is 96.7 Å². The molecule has 0 bridgehead atoms. The summed E-state index contributed by atoms with van der Waals surface area (Å²) in [6, 6.07) is 10.4. The van der Waals surface area contributed by atoms with Gasteiger partial charge in [0.25, 0.3) is 0 Å². The van der Waals surface area contributed by atoms with E-state index in [0.29, 0.717) is 13.2 Å². The lowest BCUT2D eigenvalue weighted by Crippen LogP contribution is -2.64. The van der Waals surface area contributed by atoms with Crippen molar-refractivity contribution in [2.24, 2.45) is 17.6 Å². The third-order valence-corrected chi connectivity index (χ3v) is 8.05. The summed E-state index contributed by atoms with van der Waals surface area (Å²) < 4.78 is 6.30. The molecule has 7 nitrogen and oxygen atoms in total. The first-order valence-electron chi connectivity index (χ1n) is 12.1. The van der Waals surface area contributed by atoms with Gasteiger partial charge in [0, 0.05) is 19.1 Å². The molecule has 1 saturated carbocycles. The van der Waals surface area contributed by atoms with E-state index in [-0.39, 0.29) is 30.0 Å². The molecule has 2 amide bonds. The van der Waals surface area contributed by atoms with Gasteiger partial charge in [-0.05, 0) is 44.7 Å². The third-order valence-electron chi connectivity index (χ3n) is 8.05. The molecule has 2 saturated heterocycles. The van der Waals surface area contributed by atoms with Gasteiger partial charge in [-0.15, -0.1) is 0 Å². The summed E-state index contributed by atoms with van der Waals surface area (Å²) >= 11 is 0. The van der Waals surface area contributed by atoms with Crippen LogP contribution in [-0.4, -0.2) is 60.6 Å². The smallest absolute Gasteiger partial charge is 0.238 e. The van der Waals surface area contributed by atoms with Crippen LogP contribution in [0.4, 0.5) is 0 Å². The SMILES string of the molecule is CNC(C)(C(N)=O)[C@@H](C(=O)N1CC[C@H]2NC[C@H](OCc3ccccc3)[C@H]21)C1CCCCC1. The van der Waals surface area contributed by atoms with Crippen LogP contribution in [0.5, 0.6) is 0 Å². The van der Waals surface area contributed by atoms with Gasteiger partial charge < -0.3 is 26.0 Å². The maximum atomic E-state index is 14.1. The van der Waals surface area contributed by atoms with Crippen LogP contribution < -0.4 is 16.4 Å². The summed E-state index contributed by atoms with van der Waals surface area (Å²) in [4.78, 5) is 28.7. The number of hydrogen-bond acceptors (Lipinski definition) is 5. The van der Waals surface area contributed by atoms with Crippen molar-refractivity contribution in [3.63, 3.8) is 0 Å². The quantitative estimate of drug-likeness (QED) is 0.571. The van der Waals surface area contributed by atoms with Gasteiger partial charge in [-0.25, -0.2) is 0 Å². The van der Waals surface area contributed by atoms with Crippen LogP contribution in [0, 0.1) is 11.8 Å². The van der Waals surface area contributed by atoms with Crippen molar-refractivity contribution in [3.05, 3.63) is 35.9 Å². The number of benzene rings is 1. The fourth-order valence-corrected chi connectivity index (χ4v) is 6.08. The number of ether oxygens (including phenoxy) is 1. The summed E-state index contributed by atoms with van der Waals surface area (Å²) in [5.41, 5.74) is 5.92. The summed E-state index contributed by atoms with van der Waals surface area (Å²) in [6.07, 6.45) is 6.17.